The normalized spacial score (nSPS) is 17.9. The van der Waals surface area contributed by atoms with Crippen molar-refractivity contribution in [3.63, 3.8) is 0 Å². The van der Waals surface area contributed by atoms with Crippen LogP contribution in [0.25, 0.3) is 38.6 Å². The van der Waals surface area contributed by atoms with E-state index in [1.54, 1.807) is 36.4 Å². The highest BCUT2D eigenvalue weighted by Gasteiger charge is 2.39. The predicted octanol–water partition coefficient (Wildman–Crippen LogP) is 5.75. The van der Waals surface area contributed by atoms with E-state index in [9.17, 15) is 9.59 Å². The maximum atomic E-state index is 17.7. The molecule has 5 heterocycles. The van der Waals surface area contributed by atoms with Gasteiger partial charge in [0, 0.05) is 42.8 Å². The van der Waals surface area contributed by atoms with Crippen LogP contribution in [0.1, 0.15) is 49.9 Å². The number of hydrogen-bond acceptors (Lipinski definition) is 7. The number of aryl methyl sites for hydroxylation is 2. The molecule has 2 aromatic carbocycles. The summed E-state index contributed by atoms with van der Waals surface area (Å²) in [7, 11) is 0. The Labute approximate surface area is 270 Å². The van der Waals surface area contributed by atoms with Crippen LogP contribution in [0.5, 0.6) is 0 Å². The SMILES string of the molecule is C=CC(=O)N1CC(C)N2c3nc(=O)n(-c4c(C)ccnc4C(C)C)c4c(F)c(-c5c(C)ccc6[nH]ncc56)c(F)c(c34)NCCC2C1. The number of aromatic amines is 1. The number of aromatic nitrogens is 5. The molecule has 1 saturated heterocycles. The summed E-state index contributed by atoms with van der Waals surface area (Å²) < 4.78 is 36.2. The summed E-state index contributed by atoms with van der Waals surface area (Å²) in [6.07, 6.45) is 5.02. The van der Waals surface area contributed by atoms with E-state index in [0.29, 0.717) is 65.0 Å². The number of benzene rings is 2. The molecule has 3 aromatic heterocycles. The Morgan fingerprint density at radius 2 is 1.89 bits per heavy atom. The van der Waals surface area contributed by atoms with Crippen LogP contribution in [-0.2, 0) is 4.79 Å². The van der Waals surface area contributed by atoms with E-state index in [2.05, 4.69) is 32.1 Å². The molecule has 7 rings (SSSR count). The average Bonchev–Trinajstić information content (AvgIpc) is 3.51. The highest BCUT2D eigenvalue weighted by atomic mass is 19.1. The Morgan fingerprint density at radius 1 is 1.11 bits per heavy atom. The van der Waals surface area contributed by atoms with E-state index in [1.807, 2.05) is 38.7 Å². The highest BCUT2D eigenvalue weighted by Crippen LogP contribution is 2.46. The van der Waals surface area contributed by atoms with Crippen molar-refractivity contribution in [2.24, 2.45) is 0 Å². The maximum absolute atomic E-state index is 17.7. The monoisotopic (exact) mass is 638 g/mol. The summed E-state index contributed by atoms with van der Waals surface area (Å²) in [6.45, 7) is 14.1. The van der Waals surface area contributed by atoms with Gasteiger partial charge in [-0.25, -0.2) is 13.6 Å². The van der Waals surface area contributed by atoms with Crippen molar-refractivity contribution in [3.05, 3.63) is 82.2 Å². The number of rotatable bonds is 4. The lowest BCUT2D eigenvalue weighted by Gasteiger charge is -2.47. The van der Waals surface area contributed by atoms with Crippen molar-refractivity contribution in [3.8, 4) is 16.8 Å². The van der Waals surface area contributed by atoms with Crippen molar-refractivity contribution in [2.75, 3.05) is 29.9 Å². The van der Waals surface area contributed by atoms with Crippen LogP contribution in [0.2, 0.25) is 0 Å². The van der Waals surface area contributed by atoms with Gasteiger partial charge < -0.3 is 15.1 Å². The van der Waals surface area contributed by atoms with Crippen molar-refractivity contribution < 1.29 is 13.6 Å². The first-order valence-corrected chi connectivity index (χ1v) is 15.8. The second-order valence-electron chi connectivity index (χ2n) is 12.8. The summed E-state index contributed by atoms with van der Waals surface area (Å²) in [4.78, 5) is 40.0. The molecule has 2 atom stereocenters. The van der Waals surface area contributed by atoms with Gasteiger partial charge in [0.25, 0.3) is 0 Å². The number of pyridine rings is 1. The van der Waals surface area contributed by atoms with Gasteiger partial charge in [-0.2, -0.15) is 10.1 Å². The number of anilines is 2. The molecule has 2 aliphatic rings. The fourth-order valence-electron chi connectivity index (χ4n) is 7.39. The molecule has 0 spiro atoms. The van der Waals surface area contributed by atoms with Gasteiger partial charge >= 0.3 is 5.69 Å². The summed E-state index contributed by atoms with van der Waals surface area (Å²) in [6, 6.07) is 4.79. The molecule has 0 radical (unpaired) electrons. The molecular weight excluding hydrogens is 602 g/mol. The van der Waals surface area contributed by atoms with E-state index in [1.165, 1.54) is 10.6 Å². The van der Waals surface area contributed by atoms with E-state index in [0.717, 1.165) is 0 Å². The van der Waals surface area contributed by atoms with Crippen LogP contribution >= 0.6 is 0 Å². The van der Waals surface area contributed by atoms with Crippen molar-refractivity contribution in [2.45, 2.75) is 59.0 Å². The number of nitrogens with one attached hydrogen (secondary N) is 2. The fourth-order valence-corrected chi connectivity index (χ4v) is 7.39. The molecule has 0 aliphatic carbocycles. The molecule has 2 aliphatic heterocycles. The smallest absolute Gasteiger partial charge is 0.354 e. The first-order valence-electron chi connectivity index (χ1n) is 15.8. The van der Waals surface area contributed by atoms with Crippen molar-refractivity contribution >= 4 is 39.2 Å². The van der Waals surface area contributed by atoms with Gasteiger partial charge in [0.1, 0.15) is 11.3 Å². The highest BCUT2D eigenvalue weighted by molar-refractivity contribution is 6.07. The van der Waals surface area contributed by atoms with Gasteiger partial charge in [0.15, 0.2) is 11.6 Å². The van der Waals surface area contributed by atoms with E-state index < -0.39 is 17.3 Å². The van der Waals surface area contributed by atoms with Crippen LogP contribution in [0.4, 0.5) is 20.3 Å². The summed E-state index contributed by atoms with van der Waals surface area (Å²) in [5.74, 6) is -1.80. The molecule has 5 aromatic rings. The van der Waals surface area contributed by atoms with Crippen LogP contribution in [-0.4, -0.2) is 67.3 Å². The Kier molecular flexibility index (Phi) is 7.33. The number of H-pyrrole nitrogens is 1. The van der Waals surface area contributed by atoms with Gasteiger partial charge in [0.2, 0.25) is 5.91 Å². The predicted molar refractivity (Wildman–Crippen MR) is 179 cm³/mol. The number of amides is 1. The lowest BCUT2D eigenvalue weighted by Crippen LogP contribution is -2.60. The maximum Gasteiger partial charge on any atom is 0.354 e. The quantitative estimate of drug-likeness (QED) is 0.241. The van der Waals surface area contributed by atoms with Crippen molar-refractivity contribution in [1.82, 2.24) is 29.6 Å². The number of carbonyl (C=O) groups excluding carboxylic acids is 1. The molecule has 2 unspecified atom stereocenters. The zero-order valence-electron chi connectivity index (χ0n) is 27.0. The summed E-state index contributed by atoms with van der Waals surface area (Å²) in [5, 5.41) is 11.0. The van der Waals surface area contributed by atoms with Gasteiger partial charge in [-0.3, -0.25) is 19.4 Å². The van der Waals surface area contributed by atoms with Gasteiger partial charge in [-0.05, 0) is 62.4 Å². The molecule has 47 heavy (non-hydrogen) atoms. The average molecular weight is 639 g/mol. The van der Waals surface area contributed by atoms with Crippen LogP contribution in [0.3, 0.4) is 0 Å². The molecule has 10 nitrogen and oxygen atoms in total. The molecule has 1 fully saturated rings. The zero-order valence-corrected chi connectivity index (χ0v) is 27.0. The van der Waals surface area contributed by atoms with Crippen LogP contribution in [0.15, 0.2) is 48.0 Å². The Hall–Kier alpha value is -5.13. The van der Waals surface area contributed by atoms with Gasteiger partial charge in [-0.1, -0.05) is 26.5 Å². The first kappa shape index (κ1) is 30.5. The summed E-state index contributed by atoms with van der Waals surface area (Å²) >= 11 is 0. The lowest BCUT2D eigenvalue weighted by atomic mass is 9.92. The Bertz CT molecular complexity index is 2170. The number of hydrogen-bond donors (Lipinski definition) is 2. The second-order valence-corrected chi connectivity index (χ2v) is 12.8. The number of carbonyl (C=O) groups is 1. The first-order chi connectivity index (χ1) is 22.5. The van der Waals surface area contributed by atoms with E-state index >= 15 is 8.78 Å². The molecule has 242 valence electrons. The number of piperazine rings is 1. The number of fused-ring (bicyclic) bond motifs is 3. The minimum atomic E-state index is -0.885. The standard InChI is InChI=1S/C35H36F2N8O2/c1-7-24(46)43-15-20(6)44-21(16-43)11-13-39-31-27-33(29(37)26(28(31)36)25-18(4)8-9-23-22(25)14-40-42-23)45(35(47)41-34(27)44)32-19(5)10-12-38-30(32)17(2)3/h7-10,12,14,17,20-21,39H,1,11,13,15-16H2,2-6H3,(H,40,42). The Morgan fingerprint density at radius 3 is 2.64 bits per heavy atom. The summed E-state index contributed by atoms with van der Waals surface area (Å²) in [5.41, 5.74) is 2.34. The molecular formula is C35H36F2N8O2. The number of halogens is 2. The molecule has 0 bridgehead atoms. The lowest BCUT2D eigenvalue weighted by molar-refractivity contribution is -0.127. The minimum absolute atomic E-state index is 0.0652. The van der Waals surface area contributed by atoms with E-state index in [-0.39, 0.29) is 51.9 Å². The topological polar surface area (TPSA) is 112 Å². The fraction of sp³-hybridized carbons (Fsp3) is 0.343. The second kappa shape index (κ2) is 11.3. The minimum Gasteiger partial charge on any atom is -0.382 e. The molecule has 0 saturated carbocycles. The van der Waals surface area contributed by atoms with Gasteiger partial charge in [0.05, 0.1) is 45.8 Å². The van der Waals surface area contributed by atoms with E-state index in [4.69, 9.17) is 0 Å². The third-order valence-corrected chi connectivity index (χ3v) is 9.49. The Balaban J connectivity index is 1.65. The number of nitrogens with zero attached hydrogens (tertiary/aromatic N) is 6. The van der Waals surface area contributed by atoms with Crippen molar-refractivity contribution in [1.29, 1.82) is 0 Å². The van der Waals surface area contributed by atoms with Crippen LogP contribution in [0, 0.1) is 25.5 Å². The molecule has 12 heteroatoms. The zero-order chi connectivity index (χ0) is 33.3. The van der Waals surface area contributed by atoms with Crippen LogP contribution < -0.4 is 15.9 Å². The third kappa shape index (κ3) is 4.60. The molecule has 1 amide bonds. The van der Waals surface area contributed by atoms with Gasteiger partial charge in [-0.15, -0.1) is 0 Å². The third-order valence-electron chi connectivity index (χ3n) is 9.49. The largest absolute Gasteiger partial charge is 0.382 e. The molecule has 2 N–H and O–H groups in total.